The van der Waals surface area contributed by atoms with Crippen molar-refractivity contribution < 1.29 is 4.79 Å². The van der Waals surface area contributed by atoms with Crippen LogP contribution in [0.1, 0.15) is 54.7 Å². The Morgan fingerprint density at radius 1 is 1.17 bits per heavy atom. The monoisotopic (exact) mass is 418 g/mol. The van der Waals surface area contributed by atoms with Gasteiger partial charge in [0.05, 0.1) is 10.9 Å². The number of halogens is 1. The molecule has 7 heteroatoms. The lowest BCUT2D eigenvalue weighted by molar-refractivity contribution is 0.0687. The number of likely N-dealkylation sites (tertiary alicyclic amines) is 1. The Labute approximate surface area is 178 Å². The Kier molecular flexibility index (Phi) is 7.30. The Hall–Kier alpha value is -1.92. The van der Waals surface area contributed by atoms with Crippen LogP contribution in [0.4, 0.5) is 0 Å². The SMILES string of the molecule is CNCCC1CCN(C(=O)c2ccc3c(=O)n4c(nc3c2)CCCCC4)CC1.Cl. The first kappa shape index (κ1) is 21.8. The largest absolute Gasteiger partial charge is 0.339 e. The van der Waals surface area contributed by atoms with Crippen molar-refractivity contribution in [3.63, 3.8) is 0 Å². The number of hydrogen-bond acceptors (Lipinski definition) is 4. The van der Waals surface area contributed by atoms with Crippen molar-refractivity contribution in [3.8, 4) is 0 Å². The second kappa shape index (κ2) is 9.72. The van der Waals surface area contributed by atoms with E-state index in [-0.39, 0.29) is 23.9 Å². The number of aryl methyl sites for hydroxylation is 1. The first-order valence-corrected chi connectivity index (χ1v) is 10.6. The van der Waals surface area contributed by atoms with E-state index < -0.39 is 0 Å². The second-order valence-electron chi connectivity index (χ2n) is 8.16. The lowest BCUT2D eigenvalue weighted by Crippen LogP contribution is -2.39. The van der Waals surface area contributed by atoms with Crippen molar-refractivity contribution in [2.45, 2.75) is 51.5 Å². The molecular weight excluding hydrogens is 388 g/mol. The molecule has 0 saturated carbocycles. The average molecular weight is 419 g/mol. The molecule has 1 aromatic carbocycles. The molecule has 1 aromatic heterocycles. The summed E-state index contributed by atoms with van der Waals surface area (Å²) in [6.45, 7) is 3.41. The van der Waals surface area contributed by atoms with Gasteiger partial charge in [-0.05, 0) is 69.8 Å². The summed E-state index contributed by atoms with van der Waals surface area (Å²) in [5, 5.41) is 3.83. The van der Waals surface area contributed by atoms with Gasteiger partial charge in [-0.15, -0.1) is 12.4 Å². The highest BCUT2D eigenvalue weighted by molar-refractivity contribution is 5.97. The fourth-order valence-electron chi connectivity index (χ4n) is 4.51. The second-order valence-corrected chi connectivity index (χ2v) is 8.16. The van der Waals surface area contributed by atoms with Gasteiger partial charge in [0, 0.05) is 31.6 Å². The van der Waals surface area contributed by atoms with Gasteiger partial charge in [0.1, 0.15) is 5.82 Å². The van der Waals surface area contributed by atoms with Crippen LogP contribution < -0.4 is 10.9 Å². The van der Waals surface area contributed by atoms with E-state index in [1.165, 1.54) is 6.42 Å². The fraction of sp³-hybridized carbons (Fsp3) is 0.591. The zero-order chi connectivity index (χ0) is 19.5. The molecule has 1 fully saturated rings. The molecule has 0 spiro atoms. The summed E-state index contributed by atoms with van der Waals surface area (Å²) in [7, 11) is 1.98. The van der Waals surface area contributed by atoms with Gasteiger partial charge in [-0.1, -0.05) is 6.42 Å². The van der Waals surface area contributed by atoms with Gasteiger partial charge in [-0.2, -0.15) is 0 Å². The molecule has 29 heavy (non-hydrogen) atoms. The number of carbonyl (C=O) groups excluding carboxylic acids is 1. The van der Waals surface area contributed by atoms with Crippen LogP contribution in [-0.4, -0.2) is 47.0 Å². The quantitative estimate of drug-likeness (QED) is 0.828. The Bertz CT molecular complexity index is 919. The van der Waals surface area contributed by atoms with Gasteiger partial charge in [0.25, 0.3) is 11.5 Å². The molecular formula is C22H31ClN4O2. The molecule has 4 rings (SSSR count). The van der Waals surface area contributed by atoms with E-state index >= 15 is 0 Å². The highest BCUT2D eigenvalue weighted by atomic mass is 35.5. The first-order chi connectivity index (χ1) is 13.7. The zero-order valence-corrected chi connectivity index (χ0v) is 18.0. The maximum Gasteiger partial charge on any atom is 0.261 e. The van der Waals surface area contributed by atoms with Crippen LogP contribution in [0.15, 0.2) is 23.0 Å². The molecule has 0 aliphatic carbocycles. The molecule has 0 atom stereocenters. The van der Waals surface area contributed by atoms with Crippen LogP contribution in [0.5, 0.6) is 0 Å². The maximum atomic E-state index is 13.0. The number of nitrogens with one attached hydrogen (secondary N) is 1. The van der Waals surface area contributed by atoms with Crippen LogP contribution >= 0.6 is 12.4 Å². The highest BCUT2D eigenvalue weighted by Gasteiger charge is 2.24. The molecule has 1 saturated heterocycles. The van der Waals surface area contributed by atoms with Crippen LogP contribution in [0, 0.1) is 5.92 Å². The summed E-state index contributed by atoms with van der Waals surface area (Å²) in [6.07, 6.45) is 7.37. The number of nitrogens with zero attached hydrogens (tertiary/aromatic N) is 3. The average Bonchev–Trinajstić information content (AvgIpc) is 2.97. The van der Waals surface area contributed by atoms with Crippen molar-refractivity contribution in [3.05, 3.63) is 39.9 Å². The van der Waals surface area contributed by atoms with Gasteiger partial charge < -0.3 is 10.2 Å². The molecule has 2 aliphatic heterocycles. The molecule has 1 N–H and O–H groups in total. The topological polar surface area (TPSA) is 67.2 Å². The van der Waals surface area contributed by atoms with E-state index in [4.69, 9.17) is 4.98 Å². The van der Waals surface area contributed by atoms with Crippen LogP contribution in [0.25, 0.3) is 10.9 Å². The number of hydrogen-bond donors (Lipinski definition) is 1. The van der Waals surface area contributed by atoms with Crippen LogP contribution in [0.2, 0.25) is 0 Å². The molecule has 3 heterocycles. The van der Waals surface area contributed by atoms with E-state index in [0.717, 1.165) is 70.5 Å². The highest BCUT2D eigenvalue weighted by Crippen LogP contribution is 2.23. The van der Waals surface area contributed by atoms with E-state index in [2.05, 4.69) is 5.32 Å². The van der Waals surface area contributed by atoms with Crippen molar-refractivity contribution in [2.75, 3.05) is 26.7 Å². The number of benzene rings is 1. The molecule has 6 nitrogen and oxygen atoms in total. The minimum Gasteiger partial charge on any atom is -0.339 e. The fourth-order valence-corrected chi connectivity index (χ4v) is 4.51. The zero-order valence-electron chi connectivity index (χ0n) is 17.2. The Balaban J connectivity index is 0.00000240. The van der Waals surface area contributed by atoms with E-state index in [0.29, 0.717) is 22.4 Å². The summed E-state index contributed by atoms with van der Waals surface area (Å²) >= 11 is 0. The first-order valence-electron chi connectivity index (χ1n) is 10.6. The molecule has 0 bridgehead atoms. The Morgan fingerprint density at radius 3 is 2.72 bits per heavy atom. The van der Waals surface area contributed by atoms with Gasteiger partial charge >= 0.3 is 0 Å². The van der Waals surface area contributed by atoms with Gasteiger partial charge in [0.2, 0.25) is 0 Å². The third-order valence-corrected chi connectivity index (χ3v) is 6.27. The third-order valence-electron chi connectivity index (χ3n) is 6.27. The van der Waals surface area contributed by atoms with Crippen molar-refractivity contribution in [1.82, 2.24) is 19.8 Å². The predicted octanol–water partition coefficient (Wildman–Crippen LogP) is 3.01. The summed E-state index contributed by atoms with van der Waals surface area (Å²) in [5.41, 5.74) is 1.34. The normalized spacial score (nSPS) is 17.5. The molecule has 1 amide bonds. The van der Waals surface area contributed by atoms with Crippen LogP contribution in [0.3, 0.4) is 0 Å². The van der Waals surface area contributed by atoms with Gasteiger partial charge in [-0.25, -0.2) is 4.98 Å². The number of piperidine rings is 1. The standard InChI is InChI=1S/C22H30N4O2.ClH/c1-23-11-8-16-9-13-25(14-10-16)21(27)17-6-7-18-19(15-17)24-20-5-3-2-4-12-26(20)22(18)28;/h6-7,15-16,23H,2-5,8-14H2,1H3;1H. The number of rotatable bonds is 4. The van der Waals surface area contributed by atoms with Gasteiger partial charge in [0.15, 0.2) is 0 Å². The summed E-state index contributed by atoms with van der Waals surface area (Å²) in [6, 6.07) is 5.40. The molecule has 2 aliphatic rings. The van der Waals surface area contributed by atoms with Crippen molar-refractivity contribution >= 4 is 29.2 Å². The minimum absolute atomic E-state index is 0. The number of fused-ring (bicyclic) bond motifs is 2. The molecule has 0 unspecified atom stereocenters. The number of carbonyl (C=O) groups is 1. The number of amides is 1. The number of aromatic nitrogens is 2. The lowest BCUT2D eigenvalue weighted by atomic mass is 9.93. The summed E-state index contributed by atoms with van der Waals surface area (Å²) in [4.78, 5) is 32.6. The molecule has 158 valence electrons. The molecule has 2 aromatic rings. The van der Waals surface area contributed by atoms with Crippen molar-refractivity contribution in [1.29, 1.82) is 0 Å². The van der Waals surface area contributed by atoms with E-state index in [9.17, 15) is 9.59 Å². The van der Waals surface area contributed by atoms with E-state index in [1.54, 1.807) is 12.1 Å². The summed E-state index contributed by atoms with van der Waals surface area (Å²) < 4.78 is 1.83. The van der Waals surface area contributed by atoms with Crippen molar-refractivity contribution in [2.24, 2.45) is 5.92 Å². The molecule has 0 radical (unpaired) electrons. The lowest BCUT2D eigenvalue weighted by Gasteiger charge is -2.32. The smallest absolute Gasteiger partial charge is 0.261 e. The maximum absolute atomic E-state index is 13.0. The predicted molar refractivity (Wildman–Crippen MR) is 118 cm³/mol. The summed E-state index contributed by atoms with van der Waals surface area (Å²) in [5.74, 6) is 1.63. The minimum atomic E-state index is 0. The van der Waals surface area contributed by atoms with Crippen LogP contribution in [-0.2, 0) is 13.0 Å². The van der Waals surface area contributed by atoms with E-state index in [1.807, 2.05) is 22.6 Å². The Morgan fingerprint density at radius 2 is 1.97 bits per heavy atom. The van der Waals surface area contributed by atoms with Gasteiger partial charge in [-0.3, -0.25) is 14.2 Å². The third kappa shape index (κ3) is 4.64.